The number of nitrogens with zero attached hydrogens (tertiary/aromatic N) is 3. The molecule has 0 unspecified atom stereocenters. The van der Waals surface area contributed by atoms with Gasteiger partial charge in [-0.25, -0.2) is 9.69 Å². The van der Waals surface area contributed by atoms with E-state index in [4.69, 9.17) is 0 Å². The monoisotopic (exact) mass is 422 g/mol. The van der Waals surface area contributed by atoms with E-state index in [9.17, 15) is 24.5 Å². The summed E-state index contributed by atoms with van der Waals surface area (Å²) in [6, 6.07) is 11.6. The molecule has 2 atom stereocenters. The average molecular weight is 422 g/mol. The van der Waals surface area contributed by atoms with Gasteiger partial charge >= 0.3 is 6.03 Å². The molecular formula is C22H22N4O5. The summed E-state index contributed by atoms with van der Waals surface area (Å²) in [6.07, 6.45) is 1.21. The number of amides is 4. The summed E-state index contributed by atoms with van der Waals surface area (Å²) >= 11 is 0. The van der Waals surface area contributed by atoms with Crippen molar-refractivity contribution in [1.29, 1.82) is 0 Å². The molecule has 0 saturated carbocycles. The minimum absolute atomic E-state index is 0.0275. The van der Waals surface area contributed by atoms with E-state index < -0.39 is 34.2 Å². The van der Waals surface area contributed by atoms with E-state index in [1.807, 2.05) is 11.8 Å². The van der Waals surface area contributed by atoms with Gasteiger partial charge in [0.25, 0.3) is 11.6 Å². The van der Waals surface area contributed by atoms with E-state index in [1.165, 1.54) is 12.1 Å². The normalized spacial score (nSPS) is 23.0. The van der Waals surface area contributed by atoms with Crippen LogP contribution < -0.4 is 15.1 Å². The Morgan fingerprint density at radius 1 is 1.16 bits per heavy atom. The van der Waals surface area contributed by atoms with Gasteiger partial charge in [0.2, 0.25) is 5.91 Å². The van der Waals surface area contributed by atoms with E-state index in [0.717, 1.165) is 10.6 Å². The predicted molar refractivity (Wildman–Crippen MR) is 114 cm³/mol. The summed E-state index contributed by atoms with van der Waals surface area (Å²) in [5, 5.41) is 13.7. The number of nitrogens with one attached hydrogen (secondary N) is 1. The first-order valence-electron chi connectivity index (χ1n) is 10.1. The largest absolute Gasteiger partial charge is 0.370 e. The number of urea groups is 1. The Bertz CT molecular complexity index is 1090. The number of carbonyl (C=O) groups is 3. The number of rotatable bonds is 4. The number of hydrogen-bond donors (Lipinski definition) is 1. The lowest BCUT2D eigenvalue weighted by Gasteiger charge is -2.50. The molecule has 1 N–H and O–H groups in total. The lowest BCUT2D eigenvalue weighted by atomic mass is 9.67. The van der Waals surface area contributed by atoms with Gasteiger partial charge in [-0.2, -0.15) is 0 Å². The lowest BCUT2D eigenvalue weighted by Crippen LogP contribution is -2.72. The second kappa shape index (κ2) is 7.50. The number of benzene rings is 2. The molecule has 1 fully saturated rings. The maximum Gasteiger partial charge on any atom is 0.335 e. The number of fused-ring (bicyclic) bond motifs is 1. The topological polar surface area (TPSA) is 113 Å². The summed E-state index contributed by atoms with van der Waals surface area (Å²) in [5.74, 6) is -1.29. The highest BCUT2D eigenvalue weighted by atomic mass is 16.6. The van der Waals surface area contributed by atoms with Crippen molar-refractivity contribution in [3.8, 4) is 0 Å². The maximum atomic E-state index is 13.9. The van der Waals surface area contributed by atoms with Crippen molar-refractivity contribution in [2.24, 2.45) is 5.41 Å². The maximum absolute atomic E-state index is 13.9. The van der Waals surface area contributed by atoms with E-state index in [0.29, 0.717) is 24.1 Å². The van der Waals surface area contributed by atoms with E-state index in [2.05, 4.69) is 5.32 Å². The Labute approximate surface area is 178 Å². The Kier molecular flexibility index (Phi) is 4.96. The third-order valence-electron chi connectivity index (χ3n) is 6.15. The Hall–Kier alpha value is -3.75. The number of nitro groups is 1. The van der Waals surface area contributed by atoms with Gasteiger partial charge in [0.05, 0.1) is 16.7 Å². The number of carbonyl (C=O) groups excluding carboxylic acids is 3. The van der Waals surface area contributed by atoms with Crippen molar-refractivity contribution >= 4 is 34.9 Å². The molecule has 2 aliphatic rings. The highest BCUT2D eigenvalue weighted by Crippen LogP contribution is 2.46. The summed E-state index contributed by atoms with van der Waals surface area (Å²) in [5.41, 5.74) is -0.0830. The van der Waals surface area contributed by atoms with Gasteiger partial charge < -0.3 is 4.90 Å². The van der Waals surface area contributed by atoms with Gasteiger partial charge in [0, 0.05) is 31.3 Å². The molecule has 4 amide bonds. The van der Waals surface area contributed by atoms with Crippen LogP contribution in [0.3, 0.4) is 0 Å². The SMILES string of the molecule is CCC[C@@H]1N(C)c2ccc([N+](=O)[O-])cc2C[C@@]12C(=O)NC(=O)N(c1ccccc1)C2=O. The van der Waals surface area contributed by atoms with E-state index >= 15 is 0 Å². The zero-order valence-electron chi connectivity index (χ0n) is 17.2. The van der Waals surface area contributed by atoms with Crippen LogP contribution in [-0.2, 0) is 16.0 Å². The number of imide groups is 2. The van der Waals surface area contributed by atoms with Crippen LogP contribution in [0.15, 0.2) is 48.5 Å². The minimum Gasteiger partial charge on any atom is -0.370 e. The predicted octanol–water partition coefficient (Wildman–Crippen LogP) is 3.03. The van der Waals surface area contributed by atoms with E-state index in [-0.39, 0.29) is 12.1 Å². The first-order chi connectivity index (χ1) is 14.8. The molecule has 1 spiro atoms. The molecule has 2 aliphatic heterocycles. The van der Waals surface area contributed by atoms with Crippen LogP contribution in [-0.4, -0.2) is 35.9 Å². The standard InChI is InChI=1S/C22H22N4O5/c1-3-7-18-22(13-14-12-16(26(30)31)10-11-17(14)24(18)2)19(27)23-21(29)25(20(22)28)15-8-5-4-6-9-15/h4-6,8-12,18H,3,7,13H2,1-2H3,(H,23,27,29)/t18-,22-/m0/s1. The second-order valence-corrected chi connectivity index (χ2v) is 7.87. The summed E-state index contributed by atoms with van der Waals surface area (Å²) in [4.78, 5) is 53.4. The Balaban J connectivity index is 1.89. The van der Waals surface area contributed by atoms with Crippen LogP contribution in [0.4, 0.5) is 21.9 Å². The van der Waals surface area contributed by atoms with Crippen molar-refractivity contribution in [1.82, 2.24) is 5.32 Å². The van der Waals surface area contributed by atoms with Gasteiger partial charge in [-0.05, 0) is 30.2 Å². The third kappa shape index (κ3) is 3.04. The first kappa shape index (κ1) is 20.5. The molecule has 160 valence electrons. The summed E-state index contributed by atoms with van der Waals surface area (Å²) in [6.45, 7) is 1.96. The van der Waals surface area contributed by atoms with Gasteiger partial charge in [0.1, 0.15) is 0 Å². The van der Waals surface area contributed by atoms with Gasteiger partial charge in [-0.1, -0.05) is 31.5 Å². The zero-order chi connectivity index (χ0) is 22.3. The van der Waals surface area contributed by atoms with Crippen LogP contribution in [0.1, 0.15) is 25.3 Å². The summed E-state index contributed by atoms with van der Waals surface area (Å²) in [7, 11) is 1.77. The number of non-ortho nitro benzene ring substituents is 1. The molecule has 2 aromatic carbocycles. The molecule has 0 radical (unpaired) electrons. The third-order valence-corrected chi connectivity index (χ3v) is 6.15. The fourth-order valence-corrected chi connectivity index (χ4v) is 4.72. The molecule has 4 rings (SSSR count). The molecule has 1 saturated heterocycles. The number of para-hydroxylation sites is 1. The molecular weight excluding hydrogens is 400 g/mol. The van der Waals surface area contributed by atoms with Crippen molar-refractivity contribution in [2.75, 3.05) is 16.8 Å². The number of nitro benzene ring substituents is 1. The quantitative estimate of drug-likeness (QED) is 0.460. The van der Waals surface area contributed by atoms with E-state index in [1.54, 1.807) is 43.4 Å². The molecule has 0 aromatic heterocycles. The first-order valence-corrected chi connectivity index (χ1v) is 10.1. The molecule has 9 heteroatoms. The van der Waals surface area contributed by atoms with Crippen molar-refractivity contribution < 1.29 is 19.3 Å². The smallest absolute Gasteiger partial charge is 0.335 e. The molecule has 2 aromatic rings. The second-order valence-electron chi connectivity index (χ2n) is 7.87. The van der Waals surface area contributed by atoms with Crippen molar-refractivity contribution in [3.63, 3.8) is 0 Å². The molecule has 31 heavy (non-hydrogen) atoms. The van der Waals surface area contributed by atoms with Crippen LogP contribution in [0.25, 0.3) is 0 Å². The van der Waals surface area contributed by atoms with Gasteiger partial charge in [-0.15, -0.1) is 0 Å². The molecule has 9 nitrogen and oxygen atoms in total. The Morgan fingerprint density at radius 2 is 1.87 bits per heavy atom. The van der Waals surface area contributed by atoms with Crippen molar-refractivity contribution in [2.45, 2.75) is 32.2 Å². The van der Waals surface area contributed by atoms with Gasteiger partial charge in [0.15, 0.2) is 5.41 Å². The Morgan fingerprint density at radius 3 is 2.52 bits per heavy atom. The fourth-order valence-electron chi connectivity index (χ4n) is 4.72. The molecule has 0 aliphatic carbocycles. The minimum atomic E-state index is -1.59. The average Bonchev–Trinajstić information content (AvgIpc) is 2.75. The summed E-state index contributed by atoms with van der Waals surface area (Å²) < 4.78 is 0. The highest BCUT2D eigenvalue weighted by molar-refractivity contribution is 6.30. The van der Waals surface area contributed by atoms with Crippen LogP contribution in [0, 0.1) is 15.5 Å². The lowest BCUT2D eigenvalue weighted by molar-refractivity contribution is -0.384. The number of hydrogen-bond acceptors (Lipinski definition) is 6. The number of barbiturate groups is 1. The fraction of sp³-hybridized carbons (Fsp3) is 0.318. The zero-order valence-corrected chi connectivity index (χ0v) is 17.2. The van der Waals surface area contributed by atoms with Gasteiger partial charge in [-0.3, -0.25) is 25.0 Å². The van der Waals surface area contributed by atoms with Crippen molar-refractivity contribution in [3.05, 3.63) is 64.2 Å². The van der Waals surface area contributed by atoms with Crippen LogP contribution >= 0.6 is 0 Å². The highest BCUT2D eigenvalue weighted by Gasteiger charge is 2.61. The van der Waals surface area contributed by atoms with Crippen LogP contribution in [0.5, 0.6) is 0 Å². The number of anilines is 2. The molecule has 2 heterocycles. The molecule has 0 bridgehead atoms. The van der Waals surface area contributed by atoms with Crippen LogP contribution in [0.2, 0.25) is 0 Å².